The lowest BCUT2D eigenvalue weighted by Crippen LogP contribution is -2.30. The minimum Gasteiger partial charge on any atom is -0.490 e. The molecule has 4 rings (SSSR count). The summed E-state index contributed by atoms with van der Waals surface area (Å²) < 4.78 is 49.8. The van der Waals surface area contributed by atoms with E-state index in [1.807, 2.05) is 0 Å². The molecule has 3 heterocycles. The van der Waals surface area contributed by atoms with E-state index >= 15 is 0 Å². The topological polar surface area (TPSA) is 82.1 Å². The van der Waals surface area contributed by atoms with Gasteiger partial charge in [-0.05, 0) is 36.4 Å². The number of hydrogen-bond acceptors (Lipinski definition) is 6. The van der Waals surface area contributed by atoms with Crippen LogP contribution in [0.3, 0.4) is 0 Å². The first-order valence-electron chi connectivity index (χ1n) is 8.57. The molecule has 0 amide bonds. The highest BCUT2D eigenvalue weighted by Crippen LogP contribution is 2.33. The molecule has 0 fully saturated rings. The van der Waals surface area contributed by atoms with Crippen molar-refractivity contribution in [3.8, 4) is 11.5 Å². The fourth-order valence-corrected chi connectivity index (χ4v) is 4.22. The molecule has 0 aliphatic carbocycles. The molecule has 8 heteroatoms. The van der Waals surface area contributed by atoms with Crippen LogP contribution in [0, 0.1) is 0 Å². The summed E-state index contributed by atoms with van der Waals surface area (Å²) in [7, 11) is -3.82. The predicted octanol–water partition coefficient (Wildman–Crippen LogP) is 3.43. The van der Waals surface area contributed by atoms with Crippen molar-refractivity contribution in [1.82, 2.24) is 4.31 Å². The fourth-order valence-electron chi connectivity index (χ4n) is 2.83. The van der Waals surface area contributed by atoms with Crippen molar-refractivity contribution in [2.45, 2.75) is 24.4 Å². The molecule has 3 aromatic rings. The number of hydrogen-bond donors (Lipinski definition) is 0. The maximum atomic E-state index is 13.3. The van der Waals surface area contributed by atoms with Gasteiger partial charge in [0.2, 0.25) is 10.0 Å². The van der Waals surface area contributed by atoms with Gasteiger partial charge in [0.1, 0.15) is 11.5 Å². The van der Waals surface area contributed by atoms with E-state index in [2.05, 4.69) is 0 Å². The van der Waals surface area contributed by atoms with Crippen molar-refractivity contribution < 1.29 is 26.7 Å². The van der Waals surface area contributed by atoms with Crippen LogP contribution in [0.2, 0.25) is 0 Å². The van der Waals surface area contributed by atoms with Gasteiger partial charge in [0, 0.05) is 12.5 Å². The van der Waals surface area contributed by atoms with Crippen LogP contribution in [-0.2, 0) is 23.1 Å². The molecular formula is C19H19NO6S. The van der Waals surface area contributed by atoms with Gasteiger partial charge in [-0.15, -0.1) is 0 Å². The lowest BCUT2D eigenvalue weighted by Gasteiger charge is -2.21. The molecule has 1 aromatic carbocycles. The molecule has 0 bridgehead atoms. The zero-order chi connectivity index (χ0) is 18.7. The Morgan fingerprint density at radius 2 is 1.48 bits per heavy atom. The first kappa shape index (κ1) is 17.7. The molecule has 0 saturated heterocycles. The summed E-state index contributed by atoms with van der Waals surface area (Å²) in [6.07, 6.45) is 3.78. The lowest BCUT2D eigenvalue weighted by atomic mass is 10.3. The molecule has 0 atom stereocenters. The van der Waals surface area contributed by atoms with Crippen molar-refractivity contribution in [2.75, 3.05) is 13.2 Å². The summed E-state index contributed by atoms with van der Waals surface area (Å²) >= 11 is 0. The minimum absolute atomic E-state index is 0.0878. The highest BCUT2D eigenvalue weighted by molar-refractivity contribution is 7.89. The van der Waals surface area contributed by atoms with Crippen LogP contribution >= 0.6 is 0 Å². The summed E-state index contributed by atoms with van der Waals surface area (Å²) in [5, 5.41) is 0. The molecule has 1 aliphatic heterocycles. The van der Waals surface area contributed by atoms with Gasteiger partial charge in [-0.1, -0.05) is 0 Å². The van der Waals surface area contributed by atoms with E-state index in [1.165, 1.54) is 29.0 Å². The maximum Gasteiger partial charge on any atom is 0.244 e. The molecule has 1 aliphatic rings. The van der Waals surface area contributed by atoms with E-state index in [0.717, 1.165) is 6.42 Å². The van der Waals surface area contributed by atoms with Crippen LogP contribution in [-0.4, -0.2) is 25.9 Å². The number of furan rings is 2. The molecule has 0 radical (unpaired) electrons. The number of benzene rings is 1. The Balaban J connectivity index is 1.68. The average molecular weight is 389 g/mol. The van der Waals surface area contributed by atoms with Crippen LogP contribution in [0.4, 0.5) is 0 Å². The van der Waals surface area contributed by atoms with E-state index in [4.69, 9.17) is 18.3 Å². The van der Waals surface area contributed by atoms with Gasteiger partial charge in [-0.25, -0.2) is 8.42 Å². The third-order valence-electron chi connectivity index (χ3n) is 4.18. The number of sulfonamides is 1. The zero-order valence-electron chi connectivity index (χ0n) is 14.5. The second-order valence-corrected chi connectivity index (χ2v) is 8.03. The average Bonchev–Trinajstić information content (AvgIpc) is 3.31. The number of fused-ring (bicyclic) bond motifs is 1. The Kier molecular flexibility index (Phi) is 4.91. The third-order valence-corrected chi connectivity index (χ3v) is 5.97. The Morgan fingerprint density at radius 1 is 0.852 bits per heavy atom. The van der Waals surface area contributed by atoms with Crippen molar-refractivity contribution in [2.24, 2.45) is 0 Å². The van der Waals surface area contributed by atoms with E-state index in [1.54, 1.807) is 30.3 Å². The molecule has 0 spiro atoms. The Bertz CT molecular complexity index is 943. The van der Waals surface area contributed by atoms with Crippen molar-refractivity contribution in [1.29, 1.82) is 0 Å². The molecular weight excluding hydrogens is 370 g/mol. The van der Waals surface area contributed by atoms with E-state index < -0.39 is 10.0 Å². The van der Waals surface area contributed by atoms with E-state index in [0.29, 0.717) is 36.2 Å². The second kappa shape index (κ2) is 7.50. The van der Waals surface area contributed by atoms with Crippen LogP contribution in [0.5, 0.6) is 11.5 Å². The minimum atomic E-state index is -3.82. The summed E-state index contributed by atoms with van der Waals surface area (Å²) in [5.74, 6) is 2.07. The molecule has 2 aromatic heterocycles. The van der Waals surface area contributed by atoms with Gasteiger partial charge in [0.25, 0.3) is 0 Å². The SMILES string of the molecule is O=S(=O)(c1ccc2c(c1)OCCCO2)N(Cc1ccco1)Cc1ccco1. The third kappa shape index (κ3) is 3.86. The van der Waals surface area contributed by atoms with Crippen molar-refractivity contribution in [3.05, 3.63) is 66.5 Å². The lowest BCUT2D eigenvalue weighted by molar-refractivity contribution is 0.296. The predicted molar refractivity (Wildman–Crippen MR) is 95.9 cm³/mol. The van der Waals surface area contributed by atoms with Crippen molar-refractivity contribution in [3.63, 3.8) is 0 Å². The normalized spacial score (nSPS) is 14.3. The largest absolute Gasteiger partial charge is 0.490 e. The Labute approximate surface area is 157 Å². The standard InChI is InChI=1S/C19H19NO6S/c21-27(22,17-6-7-18-19(12-17)26-11-3-10-25-18)20(13-15-4-1-8-23-15)14-16-5-2-9-24-16/h1-2,4-9,12H,3,10-11,13-14H2. The zero-order valence-corrected chi connectivity index (χ0v) is 15.4. The highest BCUT2D eigenvalue weighted by Gasteiger charge is 2.28. The Morgan fingerprint density at radius 3 is 2.07 bits per heavy atom. The van der Waals surface area contributed by atoms with Gasteiger partial charge in [-0.3, -0.25) is 0 Å². The van der Waals surface area contributed by atoms with Gasteiger partial charge in [0.15, 0.2) is 11.5 Å². The van der Waals surface area contributed by atoms with Gasteiger partial charge in [-0.2, -0.15) is 4.31 Å². The fraction of sp³-hybridized carbons (Fsp3) is 0.263. The monoisotopic (exact) mass is 389 g/mol. The summed E-state index contributed by atoms with van der Waals surface area (Å²) in [4.78, 5) is 0.130. The van der Waals surface area contributed by atoms with Crippen LogP contribution < -0.4 is 9.47 Å². The summed E-state index contributed by atoms with van der Waals surface area (Å²) in [6, 6.07) is 11.6. The summed E-state index contributed by atoms with van der Waals surface area (Å²) in [6.45, 7) is 1.20. The second-order valence-electron chi connectivity index (χ2n) is 6.09. The number of ether oxygens (including phenoxy) is 2. The molecule has 7 nitrogen and oxygen atoms in total. The van der Waals surface area contributed by atoms with Gasteiger partial charge in [0.05, 0.1) is 43.7 Å². The quantitative estimate of drug-likeness (QED) is 0.642. The number of nitrogens with zero attached hydrogens (tertiary/aromatic N) is 1. The van der Waals surface area contributed by atoms with E-state index in [-0.39, 0.29) is 18.0 Å². The number of rotatable bonds is 6. The van der Waals surface area contributed by atoms with Crippen LogP contribution in [0.25, 0.3) is 0 Å². The molecule has 0 N–H and O–H groups in total. The highest BCUT2D eigenvalue weighted by atomic mass is 32.2. The summed E-state index contributed by atoms with van der Waals surface area (Å²) in [5.41, 5.74) is 0. The molecule has 0 saturated carbocycles. The Hall–Kier alpha value is -2.71. The van der Waals surface area contributed by atoms with Gasteiger partial charge >= 0.3 is 0 Å². The smallest absolute Gasteiger partial charge is 0.244 e. The van der Waals surface area contributed by atoms with Crippen LogP contribution in [0.15, 0.2) is 68.7 Å². The first-order chi connectivity index (χ1) is 13.1. The van der Waals surface area contributed by atoms with Gasteiger partial charge < -0.3 is 18.3 Å². The molecule has 27 heavy (non-hydrogen) atoms. The first-order valence-corrected chi connectivity index (χ1v) is 10.0. The molecule has 142 valence electrons. The van der Waals surface area contributed by atoms with Crippen LogP contribution in [0.1, 0.15) is 17.9 Å². The molecule has 0 unspecified atom stereocenters. The van der Waals surface area contributed by atoms with E-state index in [9.17, 15) is 8.42 Å². The van der Waals surface area contributed by atoms with Crippen molar-refractivity contribution >= 4 is 10.0 Å². The maximum absolute atomic E-state index is 13.3.